The normalized spacial score (nSPS) is 29.8. The van der Waals surface area contributed by atoms with Gasteiger partial charge in [-0.05, 0) is 36.3 Å². The van der Waals surface area contributed by atoms with Crippen molar-refractivity contribution in [1.82, 2.24) is 0 Å². The highest BCUT2D eigenvalue weighted by Crippen LogP contribution is 2.49. The van der Waals surface area contributed by atoms with E-state index in [1.807, 2.05) is 0 Å². The molecule has 33 heavy (non-hydrogen) atoms. The Hall–Kier alpha value is -1.63. The third-order valence-electron chi connectivity index (χ3n) is 9.41. The van der Waals surface area contributed by atoms with Crippen LogP contribution >= 0.6 is 0 Å². The van der Waals surface area contributed by atoms with E-state index in [4.69, 9.17) is 0 Å². The zero-order valence-electron chi connectivity index (χ0n) is 20.1. The van der Waals surface area contributed by atoms with Crippen molar-refractivity contribution >= 4 is 0 Å². The molecule has 0 spiro atoms. The van der Waals surface area contributed by atoms with Crippen molar-refractivity contribution in [3.63, 3.8) is 0 Å². The lowest BCUT2D eigenvalue weighted by Crippen LogP contribution is -3.00. The van der Waals surface area contributed by atoms with Crippen molar-refractivity contribution in [2.75, 3.05) is 13.6 Å². The highest BCUT2D eigenvalue weighted by atomic mass is 79.9. The summed E-state index contributed by atoms with van der Waals surface area (Å²) >= 11 is 0. The molecule has 2 nitrogen and oxygen atoms in total. The molecule has 2 heterocycles. The van der Waals surface area contributed by atoms with Crippen LogP contribution in [-0.4, -0.2) is 30.2 Å². The van der Waals surface area contributed by atoms with E-state index >= 15 is 0 Å². The summed E-state index contributed by atoms with van der Waals surface area (Å²) in [4.78, 5) is 0. The van der Waals surface area contributed by atoms with Crippen molar-refractivity contribution in [2.24, 2.45) is 11.8 Å². The van der Waals surface area contributed by atoms with Crippen LogP contribution in [0.5, 0.6) is 0 Å². The summed E-state index contributed by atoms with van der Waals surface area (Å²) in [6.45, 7) is 1.41. The standard InChI is InChI=1S/C30H39N2.BrH/c1-32(22-24-11-5-2-6-12-24)28-17-18-29(32)20-25(19-28)21-30(23-31,26-13-7-3-8-14-26)27-15-9-4-10-16-27;/h3-4,7-10,13-16,24-25,28-29H,2,5-6,11-12,17-22H2,1H3;1H/q+1;/p-1/t25?,28-,29+,32?;. The number of rotatable bonds is 6. The van der Waals surface area contributed by atoms with E-state index in [1.54, 1.807) is 0 Å². The summed E-state index contributed by atoms with van der Waals surface area (Å²) in [5.41, 5.74) is 1.77. The largest absolute Gasteiger partial charge is 1.00 e. The molecule has 2 aliphatic heterocycles. The van der Waals surface area contributed by atoms with Crippen LogP contribution in [0.25, 0.3) is 0 Å². The van der Waals surface area contributed by atoms with Crippen molar-refractivity contribution in [2.45, 2.75) is 81.7 Å². The lowest BCUT2D eigenvalue weighted by Gasteiger charge is -2.50. The molecule has 2 saturated heterocycles. The summed E-state index contributed by atoms with van der Waals surface area (Å²) in [5.74, 6) is 1.57. The second kappa shape index (κ2) is 10.3. The minimum Gasteiger partial charge on any atom is -1.00 e. The molecule has 3 aliphatic rings. The SMILES string of the molecule is C[N+]1(CC2CCCCC2)[C@@H]2CC[C@H]1CC(CC(C#N)(c1ccccc1)c1ccccc1)C2.[Br-]. The Kier molecular flexibility index (Phi) is 7.66. The Morgan fingerprint density at radius 3 is 1.79 bits per heavy atom. The van der Waals surface area contributed by atoms with Gasteiger partial charge in [0, 0.05) is 31.6 Å². The number of halogens is 1. The predicted octanol–water partition coefficient (Wildman–Crippen LogP) is 3.86. The van der Waals surface area contributed by atoms with Crippen molar-refractivity contribution < 1.29 is 21.5 Å². The van der Waals surface area contributed by atoms with Crippen molar-refractivity contribution in [3.8, 4) is 6.07 Å². The van der Waals surface area contributed by atoms with Gasteiger partial charge in [0.25, 0.3) is 0 Å². The Labute approximate surface area is 211 Å². The number of benzene rings is 2. The van der Waals surface area contributed by atoms with Gasteiger partial charge in [-0.3, -0.25) is 0 Å². The highest BCUT2D eigenvalue weighted by Gasteiger charge is 2.53. The maximum atomic E-state index is 10.6. The maximum absolute atomic E-state index is 10.6. The highest BCUT2D eigenvalue weighted by molar-refractivity contribution is 5.45. The maximum Gasteiger partial charge on any atom is 0.107 e. The van der Waals surface area contributed by atoms with E-state index in [0.29, 0.717) is 5.92 Å². The Morgan fingerprint density at radius 2 is 1.30 bits per heavy atom. The average molecular weight is 508 g/mol. The molecule has 176 valence electrons. The fourth-order valence-electron chi connectivity index (χ4n) is 7.70. The molecule has 2 aromatic rings. The van der Waals surface area contributed by atoms with Gasteiger partial charge < -0.3 is 21.5 Å². The van der Waals surface area contributed by atoms with Gasteiger partial charge in [0.2, 0.25) is 0 Å². The van der Waals surface area contributed by atoms with Gasteiger partial charge in [0.05, 0.1) is 31.7 Å². The molecule has 5 rings (SSSR count). The number of piperidine rings is 1. The van der Waals surface area contributed by atoms with Crippen molar-refractivity contribution in [3.05, 3.63) is 71.8 Å². The molecule has 2 bridgehead atoms. The second-order valence-corrected chi connectivity index (χ2v) is 11.2. The predicted molar refractivity (Wildman–Crippen MR) is 131 cm³/mol. The van der Waals surface area contributed by atoms with E-state index in [9.17, 15) is 5.26 Å². The number of hydrogen-bond donors (Lipinski definition) is 0. The lowest BCUT2D eigenvalue weighted by atomic mass is 9.67. The molecule has 0 N–H and O–H groups in total. The third kappa shape index (κ3) is 4.67. The summed E-state index contributed by atoms with van der Waals surface area (Å²) < 4.78 is 1.33. The van der Waals surface area contributed by atoms with Gasteiger partial charge in [-0.25, -0.2) is 0 Å². The van der Waals surface area contributed by atoms with E-state index in [0.717, 1.165) is 35.5 Å². The summed E-state index contributed by atoms with van der Waals surface area (Å²) in [6.07, 6.45) is 13.6. The molecule has 2 aromatic carbocycles. The minimum absolute atomic E-state index is 0. The van der Waals surface area contributed by atoms with Crippen LogP contribution in [0, 0.1) is 23.2 Å². The van der Waals surface area contributed by atoms with Gasteiger partial charge in [0.1, 0.15) is 5.41 Å². The average Bonchev–Trinajstić information content (AvgIpc) is 3.00. The van der Waals surface area contributed by atoms with E-state index in [2.05, 4.69) is 73.8 Å². The molecular formula is C30H39BrN2. The second-order valence-electron chi connectivity index (χ2n) is 11.2. The first kappa shape index (κ1) is 24.5. The van der Waals surface area contributed by atoms with Crippen LogP contribution in [0.3, 0.4) is 0 Å². The molecule has 1 aliphatic carbocycles. The fraction of sp³-hybridized carbons (Fsp3) is 0.567. The smallest absolute Gasteiger partial charge is 0.107 e. The third-order valence-corrected chi connectivity index (χ3v) is 9.41. The van der Waals surface area contributed by atoms with E-state index < -0.39 is 5.41 Å². The zero-order valence-corrected chi connectivity index (χ0v) is 21.7. The first-order chi connectivity index (χ1) is 15.6. The van der Waals surface area contributed by atoms with Gasteiger partial charge in [0.15, 0.2) is 0 Å². The number of nitriles is 1. The van der Waals surface area contributed by atoms with Crippen LogP contribution in [0.2, 0.25) is 0 Å². The molecule has 3 heteroatoms. The molecule has 0 amide bonds. The topological polar surface area (TPSA) is 23.8 Å². The van der Waals surface area contributed by atoms with Gasteiger partial charge >= 0.3 is 0 Å². The van der Waals surface area contributed by atoms with Crippen LogP contribution < -0.4 is 17.0 Å². The van der Waals surface area contributed by atoms with E-state index in [1.165, 1.54) is 68.8 Å². The molecule has 0 aromatic heterocycles. The molecular weight excluding hydrogens is 468 g/mol. The van der Waals surface area contributed by atoms with Crippen LogP contribution in [0.4, 0.5) is 0 Å². The number of fused-ring (bicyclic) bond motifs is 2. The first-order valence-electron chi connectivity index (χ1n) is 13.0. The molecule has 0 radical (unpaired) electrons. The van der Waals surface area contributed by atoms with Gasteiger partial charge in [-0.1, -0.05) is 79.9 Å². The summed E-state index contributed by atoms with van der Waals surface area (Å²) in [5, 5.41) is 10.6. The monoisotopic (exact) mass is 506 g/mol. The Bertz CT molecular complexity index is 875. The molecule has 3 fully saturated rings. The fourth-order valence-corrected chi connectivity index (χ4v) is 7.70. The Morgan fingerprint density at radius 1 is 0.788 bits per heavy atom. The first-order valence-corrected chi connectivity index (χ1v) is 13.0. The van der Waals surface area contributed by atoms with Crippen LogP contribution in [0.1, 0.15) is 75.3 Å². The minimum atomic E-state index is -0.545. The zero-order chi connectivity index (χ0) is 22.0. The Balaban J connectivity index is 0.00000259. The molecule has 4 atom stereocenters. The molecule has 1 saturated carbocycles. The molecule has 2 unspecified atom stereocenters. The summed E-state index contributed by atoms with van der Waals surface area (Å²) in [6, 6.07) is 25.6. The van der Waals surface area contributed by atoms with E-state index in [-0.39, 0.29) is 17.0 Å². The number of nitrogens with zero attached hydrogens (tertiary/aromatic N) is 2. The van der Waals surface area contributed by atoms with Crippen LogP contribution in [0.15, 0.2) is 60.7 Å². The van der Waals surface area contributed by atoms with Gasteiger partial charge in [-0.15, -0.1) is 0 Å². The lowest BCUT2D eigenvalue weighted by molar-refractivity contribution is -0.952. The number of quaternary nitrogens is 1. The summed E-state index contributed by atoms with van der Waals surface area (Å²) in [7, 11) is 2.58. The van der Waals surface area contributed by atoms with Crippen LogP contribution in [-0.2, 0) is 5.41 Å². The number of hydrogen-bond acceptors (Lipinski definition) is 1. The van der Waals surface area contributed by atoms with Crippen molar-refractivity contribution in [1.29, 1.82) is 5.26 Å². The quantitative estimate of drug-likeness (QED) is 0.545. The van der Waals surface area contributed by atoms with Gasteiger partial charge in [-0.2, -0.15) is 5.26 Å².